The molecule has 1 atom stereocenters. The van der Waals surface area contributed by atoms with Crippen molar-refractivity contribution in [2.24, 2.45) is 0 Å². The summed E-state index contributed by atoms with van der Waals surface area (Å²) < 4.78 is 7.98. The summed E-state index contributed by atoms with van der Waals surface area (Å²) in [6, 6.07) is 2.30. The highest BCUT2D eigenvalue weighted by molar-refractivity contribution is 7.99. The van der Waals surface area contributed by atoms with Crippen molar-refractivity contribution in [2.45, 2.75) is 75.1 Å². The Balaban J connectivity index is 1.26. The molecular formula is C21H25N5O2S2. The molecule has 1 aliphatic heterocycles. The fraction of sp³-hybridized carbons (Fsp3) is 0.619. The first-order valence-corrected chi connectivity index (χ1v) is 12.5. The van der Waals surface area contributed by atoms with Gasteiger partial charge in [0.05, 0.1) is 24.0 Å². The lowest BCUT2D eigenvalue weighted by Gasteiger charge is -2.14. The summed E-state index contributed by atoms with van der Waals surface area (Å²) in [6.07, 6.45) is 8.92. The lowest BCUT2D eigenvalue weighted by atomic mass is 9.96. The summed E-state index contributed by atoms with van der Waals surface area (Å²) in [5.74, 6) is 1.68. The number of hydrogen-bond donors (Lipinski definition) is 1. The van der Waals surface area contributed by atoms with E-state index in [1.807, 2.05) is 0 Å². The number of nitriles is 1. The van der Waals surface area contributed by atoms with Crippen LogP contribution in [0.25, 0.3) is 0 Å². The lowest BCUT2D eigenvalue weighted by molar-refractivity contribution is -0.113. The van der Waals surface area contributed by atoms with Gasteiger partial charge in [-0.15, -0.1) is 21.5 Å². The van der Waals surface area contributed by atoms with Crippen molar-refractivity contribution in [3.8, 4) is 6.07 Å². The number of thiophene rings is 1. The summed E-state index contributed by atoms with van der Waals surface area (Å²) in [5.41, 5.74) is 1.80. The molecule has 7 nitrogen and oxygen atoms in total. The summed E-state index contributed by atoms with van der Waals surface area (Å²) in [7, 11) is 0. The number of ether oxygens (including phenoxy) is 1. The summed E-state index contributed by atoms with van der Waals surface area (Å²) in [6.45, 7) is 1.58. The molecule has 5 rings (SSSR count). The number of anilines is 1. The van der Waals surface area contributed by atoms with Gasteiger partial charge in [-0.1, -0.05) is 11.8 Å². The molecule has 0 unspecified atom stereocenters. The topological polar surface area (TPSA) is 92.8 Å². The van der Waals surface area contributed by atoms with Crippen LogP contribution >= 0.6 is 23.1 Å². The molecular weight excluding hydrogens is 418 g/mol. The van der Waals surface area contributed by atoms with Gasteiger partial charge in [-0.2, -0.15) is 5.26 Å². The first kappa shape index (κ1) is 20.0. The fourth-order valence-electron chi connectivity index (χ4n) is 4.28. The fourth-order valence-corrected chi connectivity index (χ4v) is 6.29. The SMILES string of the molecule is N#Cc1c(NC(=O)CSc2nnc(C3CC3)n2C[C@H]2CCCO2)sc2c1CCCC2. The molecule has 3 aliphatic rings. The highest BCUT2D eigenvalue weighted by atomic mass is 32.2. The van der Waals surface area contributed by atoms with Crippen molar-refractivity contribution in [2.75, 3.05) is 17.7 Å². The largest absolute Gasteiger partial charge is 0.376 e. The van der Waals surface area contributed by atoms with Crippen molar-refractivity contribution in [1.29, 1.82) is 5.26 Å². The number of carbonyl (C=O) groups is 1. The smallest absolute Gasteiger partial charge is 0.235 e. The van der Waals surface area contributed by atoms with Crippen LogP contribution in [-0.2, 0) is 28.9 Å². The van der Waals surface area contributed by atoms with Gasteiger partial charge in [0.1, 0.15) is 16.9 Å². The maximum absolute atomic E-state index is 12.7. The maximum atomic E-state index is 12.7. The second-order valence-electron chi connectivity index (χ2n) is 8.22. The number of fused-ring (bicyclic) bond motifs is 1. The van der Waals surface area contributed by atoms with E-state index in [9.17, 15) is 10.1 Å². The number of aromatic nitrogens is 3. The van der Waals surface area contributed by atoms with Gasteiger partial charge in [-0.25, -0.2) is 0 Å². The van der Waals surface area contributed by atoms with Crippen LogP contribution in [0.1, 0.15) is 66.3 Å². The molecule has 30 heavy (non-hydrogen) atoms. The number of nitrogens with zero attached hydrogens (tertiary/aromatic N) is 4. The molecule has 0 spiro atoms. The monoisotopic (exact) mass is 443 g/mol. The Morgan fingerprint density at radius 3 is 2.90 bits per heavy atom. The Bertz CT molecular complexity index is 982. The van der Waals surface area contributed by atoms with Crippen LogP contribution < -0.4 is 5.32 Å². The molecule has 0 aromatic carbocycles. The van der Waals surface area contributed by atoms with Gasteiger partial charge in [0.25, 0.3) is 0 Å². The standard InChI is InChI=1S/C21H25N5O2S2/c22-10-16-15-5-1-2-6-17(15)30-20(16)23-18(27)12-29-21-25-24-19(13-7-8-13)26(21)11-14-4-3-9-28-14/h13-14H,1-9,11-12H2,(H,23,27)/t14-/m1/s1. The minimum Gasteiger partial charge on any atom is -0.376 e. The third kappa shape index (κ3) is 4.13. The number of nitrogens with one attached hydrogen (secondary N) is 1. The third-order valence-corrected chi connectivity index (χ3v) is 8.14. The first-order valence-electron chi connectivity index (χ1n) is 10.7. The average Bonchev–Trinajstić information content (AvgIpc) is 3.17. The van der Waals surface area contributed by atoms with Crippen molar-refractivity contribution >= 4 is 34.0 Å². The predicted molar refractivity (Wildman–Crippen MR) is 116 cm³/mol. The van der Waals surface area contributed by atoms with E-state index in [0.717, 1.165) is 81.1 Å². The Labute approximate surface area is 184 Å². The zero-order chi connectivity index (χ0) is 20.5. The van der Waals surface area contributed by atoms with Gasteiger partial charge in [0, 0.05) is 17.4 Å². The maximum Gasteiger partial charge on any atom is 0.235 e. The second kappa shape index (κ2) is 8.69. The van der Waals surface area contributed by atoms with E-state index in [0.29, 0.717) is 16.5 Å². The normalized spacial score (nSPS) is 20.7. The Morgan fingerprint density at radius 2 is 2.13 bits per heavy atom. The molecule has 2 aliphatic carbocycles. The van der Waals surface area contributed by atoms with Crippen LogP contribution in [0.5, 0.6) is 0 Å². The number of rotatable bonds is 7. The van der Waals surface area contributed by atoms with E-state index in [2.05, 4.69) is 26.2 Å². The van der Waals surface area contributed by atoms with Crippen molar-refractivity contribution in [3.63, 3.8) is 0 Å². The lowest BCUT2D eigenvalue weighted by Crippen LogP contribution is -2.19. The van der Waals surface area contributed by atoms with E-state index in [-0.39, 0.29) is 17.8 Å². The van der Waals surface area contributed by atoms with Crippen molar-refractivity contribution in [1.82, 2.24) is 14.8 Å². The number of aryl methyl sites for hydroxylation is 1. The Morgan fingerprint density at radius 1 is 1.27 bits per heavy atom. The zero-order valence-electron chi connectivity index (χ0n) is 16.9. The molecule has 3 heterocycles. The molecule has 2 aromatic rings. The minimum absolute atomic E-state index is 0.102. The number of amides is 1. The average molecular weight is 444 g/mol. The van der Waals surface area contributed by atoms with Gasteiger partial charge in [-0.05, 0) is 56.9 Å². The van der Waals surface area contributed by atoms with E-state index < -0.39 is 0 Å². The highest BCUT2D eigenvalue weighted by Gasteiger charge is 2.32. The van der Waals surface area contributed by atoms with Gasteiger partial charge < -0.3 is 14.6 Å². The second-order valence-corrected chi connectivity index (χ2v) is 10.3. The van der Waals surface area contributed by atoms with Crippen molar-refractivity contribution < 1.29 is 9.53 Å². The van der Waals surface area contributed by atoms with E-state index >= 15 is 0 Å². The van der Waals surface area contributed by atoms with Crippen molar-refractivity contribution in [3.05, 3.63) is 21.8 Å². The van der Waals surface area contributed by atoms with Crippen LogP contribution in [0.15, 0.2) is 5.16 Å². The van der Waals surface area contributed by atoms with E-state index in [1.165, 1.54) is 16.6 Å². The van der Waals surface area contributed by atoms with Gasteiger partial charge in [-0.3, -0.25) is 4.79 Å². The Hall–Kier alpha value is -1.89. The molecule has 2 fully saturated rings. The molecule has 0 radical (unpaired) electrons. The molecule has 9 heteroatoms. The third-order valence-electron chi connectivity index (χ3n) is 5.97. The summed E-state index contributed by atoms with van der Waals surface area (Å²) >= 11 is 2.98. The van der Waals surface area contributed by atoms with Crippen LogP contribution in [0.3, 0.4) is 0 Å². The molecule has 1 amide bonds. The van der Waals surface area contributed by atoms with Crippen LogP contribution in [0.2, 0.25) is 0 Å². The summed E-state index contributed by atoms with van der Waals surface area (Å²) in [5, 5.41) is 22.8. The van der Waals surface area contributed by atoms with E-state index in [4.69, 9.17) is 4.74 Å². The quantitative estimate of drug-likeness (QED) is 0.653. The molecule has 1 saturated carbocycles. The van der Waals surface area contributed by atoms with Crippen LogP contribution in [0.4, 0.5) is 5.00 Å². The highest BCUT2D eigenvalue weighted by Crippen LogP contribution is 2.41. The summed E-state index contributed by atoms with van der Waals surface area (Å²) in [4.78, 5) is 13.9. The molecule has 2 aromatic heterocycles. The van der Waals surface area contributed by atoms with Crippen LogP contribution in [-0.4, -0.2) is 39.1 Å². The Kier molecular flexibility index (Phi) is 5.81. The van der Waals surface area contributed by atoms with Gasteiger partial charge in [0.15, 0.2) is 5.16 Å². The number of thioether (sulfide) groups is 1. The molecule has 1 N–H and O–H groups in total. The number of carbonyl (C=O) groups excluding carboxylic acids is 1. The zero-order valence-corrected chi connectivity index (χ0v) is 18.5. The molecule has 1 saturated heterocycles. The molecule has 0 bridgehead atoms. The first-order chi connectivity index (χ1) is 14.7. The van der Waals surface area contributed by atoms with Crippen LogP contribution in [0, 0.1) is 11.3 Å². The van der Waals surface area contributed by atoms with Gasteiger partial charge >= 0.3 is 0 Å². The van der Waals surface area contributed by atoms with E-state index in [1.54, 1.807) is 11.3 Å². The molecule has 158 valence electrons. The predicted octanol–water partition coefficient (Wildman–Crippen LogP) is 3.88. The van der Waals surface area contributed by atoms with Gasteiger partial charge in [0.2, 0.25) is 5.91 Å². The number of hydrogen-bond acceptors (Lipinski definition) is 7. The minimum atomic E-state index is -0.102.